The second-order valence-electron chi connectivity index (χ2n) is 7.92. The lowest BCUT2D eigenvalue weighted by atomic mass is 9.98. The molecular weight excluding hydrogens is 367 g/mol. The van der Waals surface area contributed by atoms with Crippen molar-refractivity contribution >= 4 is 16.7 Å². The Hall–Kier alpha value is -2.63. The largest absolute Gasteiger partial charge is 0.373 e. The van der Waals surface area contributed by atoms with Crippen molar-refractivity contribution in [1.29, 1.82) is 0 Å². The minimum Gasteiger partial charge on any atom is -0.373 e. The Morgan fingerprint density at radius 2 is 1.79 bits per heavy atom. The first-order chi connectivity index (χ1) is 13.9. The molecule has 2 heterocycles. The molecule has 1 saturated heterocycles. The molecule has 2 atom stereocenters. The first-order valence-electron chi connectivity index (χ1n) is 9.97. The number of benzene rings is 2. The number of fused-ring (bicyclic) bond motifs is 1. The number of rotatable bonds is 4. The van der Waals surface area contributed by atoms with Gasteiger partial charge in [-0.25, -0.2) is 9.37 Å². The number of hydrogen-bond acceptors (Lipinski definition) is 4. The van der Waals surface area contributed by atoms with Crippen LogP contribution in [0.1, 0.15) is 36.8 Å². The number of aromatic nitrogens is 1. The maximum absolute atomic E-state index is 13.4. The minimum atomic E-state index is -0.282. The lowest BCUT2D eigenvalue weighted by molar-refractivity contribution is -0.0704. The van der Waals surface area contributed by atoms with Gasteiger partial charge in [0, 0.05) is 31.9 Å². The van der Waals surface area contributed by atoms with Gasteiger partial charge in [-0.3, -0.25) is 9.69 Å². The Kier molecular flexibility index (Phi) is 5.43. The molecule has 0 bridgehead atoms. The van der Waals surface area contributed by atoms with E-state index in [0.717, 1.165) is 47.2 Å². The highest BCUT2D eigenvalue weighted by atomic mass is 19.1. The van der Waals surface area contributed by atoms with Crippen LogP contribution in [0.5, 0.6) is 0 Å². The van der Waals surface area contributed by atoms with Gasteiger partial charge in [0.25, 0.3) is 0 Å². The van der Waals surface area contributed by atoms with Crippen LogP contribution in [-0.4, -0.2) is 41.0 Å². The molecule has 1 aliphatic heterocycles. The number of Topliss-reactive ketones (excluding diaryl/α,β-unsaturated/α-hetero) is 1. The molecule has 150 valence electrons. The number of pyridine rings is 1. The van der Waals surface area contributed by atoms with Gasteiger partial charge in [-0.05, 0) is 54.8 Å². The smallest absolute Gasteiger partial charge is 0.178 e. The third-order valence-electron chi connectivity index (χ3n) is 5.29. The molecule has 0 radical (unpaired) electrons. The molecule has 0 amide bonds. The van der Waals surface area contributed by atoms with E-state index < -0.39 is 0 Å². The molecule has 0 saturated carbocycles. The molecule has 3 aromatic rings. The van der Waals surface area contributed by atoms with Crippen LogP contribution in [0.2, 0.25) is 0 Å². The lowest BCUT2D eigenvalue weighted by Crippen LogP contribution is -2.44. The number of carbonyl (C=O) groups excluding carboxylic acids is 1. The molecule has 0 N–H and O–H groups in total. The summed E-state index contributed by atoms with van der Waals surface area (Å²) >= 11 is 0. The normalized spacial score (nSPS) is 20.1. The van der Waals surface area contributed by atoms with Gasteiger partial charge in [0.1, 0.15) is 11.5 Å². The fraction of sp³-hybridized carbons (Fsp3) is 0.333. The SMILES string of the molecule is CC(=O)c1cc(-c2ccc(F)cc2)c2ccc(CN3CC(C)OC(C)C3)cc2n1. The number of hydrogen-bond donors (Lipinski definition) is 0. The van der Waals surface area contributed by atoms with Crippen LogP contribution in [0.25, 0.3) is 22.0 Å². The van der Waals surface area contributed by atoms with Crippen molar-refractivity contribution in [2.24, 2.45) is 0 Å². The summed E-state index contributed by atoms with van der Waals surface area (Å²) in [5.74, 6) is -0.369. The number of ether oxygens (including phenoxy) is 1. The Labute approximate surface area is 170 Å². The molecular formula is C24H25FN2O2. The van der Waals surface area contributed by atoms with Crippen LogP contribution < -0.4 is 0 Å². The highest BCUT2D eigenvalue weighted by Crippen LogP contribution is 2.30. The maximum atomic E-state index is 13.4. The van der Waals surface area contributed by atoms with Gasteiger partial charge >= 0.3 is 0 Å². The Morgan fingerprint density at radius 1 is 1.10 bits per heavy atom. The number of carbonyl (C=O) groups is 1. The molecule has 1 aliphatic rings. The third kappa shape index (κ3) is 4.36. The molecule has 2 aromatic carbocycles. The van der Waals surface area contributed by atoms with Crippen molar-refractivity contribution in [3.05, 3.63) is 65.6 Å². The van der Waals surface area contributed by atoms with Gasteiger partial charge in [-0.2, -0.15) is 0 Å². The molecule has 2 unspecified atom stereocenters. The van der Waals surface area contributed by atoms with E-state index in [0.29, 0.717) is 5.69 Å². The van der Waals surface area contributed by atoms with Gasteiger partial charge in [0.2, 0.25) is 0 Å². The monoisotopic (exact) mass is 392 g/mol. The minimum absolute atomic E-state index is 0.0866. The summed E-state index contributed by atoms with van der Waals surface area (Å²) < 4.78 is 19.2. The molecule has 4 nitrogen and oxygen atoms in total. The number of morpholine rings is 1. The van der Waals surface area contributed by atoms with E-state index in [4.69, 9.17) is 4.74 Å². The Balaban J connectivity index is 1.74. The predicted molar refractivity (Wildman–Crippen MR) is 112 cm³/mol. The van der Waals surface area contributed by atoms with Crippen LogP contribution in [0.15, 0.2) is 48.5 Å². The number of ketones is 1. The summed E-state index contributed by atoms with van der Waals surface area (Å²) in [5.41, 5.74) is 4.11. The topological polar surface area (TPSA) is 42.4 Å². The zero-order chi connectivity index (χ0) is 20.5. The number of halogens is 1. The average Bonchev–Trinajstić information content (AvgIpc) is 2.66. The summed E-state index contributed by atoms with van der Waals surface area (Å²) in [6.07, 6.45) is 0.429. The van der Waals surface area contributed by atoms with Crippen LogP contribution in [-0.2, 0) is 11.3 Å². The van der Waals surface area contributed by atoms with Crippen molar-refractivity contribution in [3.8, 4) is 11.1 Å². The van der Waals surface area contributed by atoms with Gasteiger partial charge in [0.05, 0.1) is 17.7 Å². The zero-order valence-corrected chi connectivity index (χ0v) is 17.0. The van der Waals surface area contributed by atoms with Gasteiger partial charge in [-0.15, -0.1) is 0 Å². The molecule has 1 fully saturated rings. The van der Waals surface area contributed by atoms with Crippen molar-refractivity contribution in [2.75, 3.05) is 13.1 Å². The van der Waals surface area contributed by atoms with E-state index in [9.17, 15) is 9.18 Å². The van der Waals surface area contributed by atoms with Crippen molar-refractivity contribution in [3.63, 3.8) is 0 Å². The summed E-state index contributed by atoms with van der Waals surface area (Å²) in [5, 5.41) is 0.953. The average molecular weight is 392 g/mol. The lowest BCUT2D eigenvalue weighted by Gasteiger charge is -2.35. The molecule has 29 heavy (non-hydrogen) atoms. The second-order valence-corrected chi connectivity index (χ2v) is 7.92. The Morgan fingerprint density at radius 3 is 2.45 bits per heavy atom. The highest BCUT2D eigenvalue weighted by Gasteiger charge is 2.22. The number of nitrogens with zero attached hydrogens (tertiary/aromatic N) is 2. The van der Waals surface area contributed by atoms with Crippen molar-refractivity contribution < 1.29 is 13.9 Å². The summed E-state index contributed by atoms with van der Waals surface area (Å²) in [4.78, 5) is 19.0. The van der Waals surface area contributed by atoms with E-state index >= 15 is 0 Å². The molecule has 0 aliphatic carbocycles. The predicted octanol–water partition coefficient (Wildman–Crippen LogP) is 4.85. The zero-order valence-electron chi connectivity index (χ0n) is 17.0. The Bertz CT molecular complexity index is 1040. The van der Waals surface area contributed by atoms with Gasteiger partial charge < -0.3 is 4.74 Å². The fourth-order valence-corrected chi connectivity index (χ4v) is 4.09. The quantitative estimate of drug-likeness (QED) is 0.595. The molecule has 5 heteroatoms. The van der Waals surface area contributed by atoms with Crippen LogP contribution >= 0.6 is 0 Å². The second kappa shape index (κ2) is 8.01. The summed E-state index contributed by atoms with van der Waals surface area (Å²) in [6.45, 7) is 8.31. The van der Waals surface area contributed by atoms with Gasteiger partial charge in [0.15, 0.2) is 5.78 Å². The van der Waals surface area contributed by atoms with Crippen molar-refractivity contribution in [2.45, 2.75) is 39.5 Å². The van der Waals surface area contributed by atoms with E-state index in [1.165, 1.54) is 19.1 Å². The summed E-state index contributed by atoms with van der Waals surface area (Å²) in [6, 6.07) is 14.3. The van der Waals surface area contributed by atoms with E-state index in [1.54, 1.807) is 18.2 Å². The maximum Gasteiger partial charge on any atom is 0.178 e. The van der Waals surface area contributed by atoms with Gasteiger partial charge in [-0.1, -0.05) is 24.3 Å². The van der Waals surface area contributed by atoms with Crippen LogP contribution in [0.4, 0.5) is 4.39 Å². The van der Waals surface area contributed by atoms with Crippen molar-refractivity contribution in [1.82, 2.24) is 9.88 Å². The highest BCUT2D eigenvalue weighted by molar-refractivity contribution is 6.01. The summed E-state index contributed by atoms with van der Waals surface area (Å²) in [7, 11) is 0. The molecule has 4 rings (SSSR count). The fourth-order valence-electron chi connectivity index (χ4n) is 4.09. The standard InChI is InChI=1S/C24H25FN2O2/c1-15-12-27(13-16(2)29-15)14-18-4-9-21-22(19-5-7-20(25)8-6-19)11-23(17(3)28)26-24(21)10-18/h4-11,15-16H,12-14H2,1-3H3. The van der Waals surface area contributed by atoms with Crippen LogP contribution in [0, 0.1) is 5.82 Å². The molecule has 1 aromatic heterocycles. The molecule has 0 spiro atoms. The third-order valence-corrected chi connectivity index (χ3v) is 5.29. The van der Waals surface area contributed by atoms with E-state index in [-0.39, 0.29) is 23.8 Å². The van der Waals surface area contributed by atoms with E-state index in [2.05, 4.69) is 35.9 Å². The first kappa shape index (κ1) is 19.7. The van der Waals surface area contributed by atoms with E-state index in [1.807, 2.05) is 6.07 Å². The van der Waals surface area contributed by atoms with Crippen LogP contribution in [0.3, 0.4) is 0 Å². The first-order valence-corrected chi connectivity index (χ1v) is 9.97.